The van der Waals surface area contributed by atoms with Gasteiger partial charge in [-0.25, -0.2) is 9.97 Å². The number of rotatable bonds is 6. The Kier molecular flexibility index (Phi) is 5.94. The number of hydrogen-bond acceptors (Lipinski definition) is 6. The van der Waals surface area contributed by atoms with Gasteiger partial charge in [-0.15, -0.1) is 0 Å². The minimum atomic E-state index is -0.467. The lowest BCUT2D eigenvalue weighted by atomic mass is 10.2. The smallest absolute Gasteiger partial charge is 0.269 e. The number of hydrogen-bond donors (Lipinski definition) is 2. The van der Waals surface area contributed by atoms with E-state index < -0.39 is 4.92 Å². The average Bonchev–Trinajstić information content (AvgIpc) is 2.67. The van der Waals surface area contributed by atoms with Crippen LogP contribution in [0, 0.1) is 24.0 Å². The van der Waals surface area contributed by atoms with Crippen LogP contribution in [0.1, 0.15) is 17.0 Å². The lowest BCUT2D eigenvalue weighted by Crippen LogP contribution is -2.07. The SMILES string of the molecule is Cc1cc(C)nc(Nc2ccc(NC(=O)/C=C/c3ccc([N+](=O)[O-])cc3)cc2)n1. The Balaban J connectivity index is 1.58. The van der Waals surface area contributed by atoms with Crippen molar-refractivity contribution in [1.82, 2.24) is 9.97 Å². The molecule has 0 aliphatic carbocycles. The number of anilines is 3. The summed E-state index contributed by atoms with van der Waals surface area (Å²) in [5.74, 6) is 0.215. The molecule has 29 heavy (non-hydrogen) atoms. The number of aryl methyl sites for hydroxylation is 2. The van der Waals surface area contributed by atoms with Crippen molar-refractivity contribution in [3.05, 3.63) is 87.7 Å². The van der Waals surface area contributed by atoms with E-state index in [1.165, 1.54) is 18.2 Å². The highest BCUT2D eigenvalue weighted by molar-refractivity contribution is 6.02. The van der Waals surface area contributed by atoms with Gasteiger partial charge in [0.25, 0.3) is 5.69 Å². The first-order valence-corrected chi connectivity index (χ1v) is 8.82. The number of aromatic nitrogens is 2. The maximum atomic E-state index is 12.1. The van der Waals surface area contributed by atoms with Crippen molar-refractivity contribution < 1.29 is 9.72 Å². The minimum absolute atomic E-state index is 0.00604. The Morgan fingerprint density at radius 3 is 2.14 bits per heavy atom. The van der Waals surface area contributed by atoms with Gasteiger partial charge in [-0.1, -0.05) is 0 Å². The topological polar surface area (TPSA) is 110 Å². The van der Waals surface area contributed by atoms with E-state index in [4.69, 9.17) is 0 Å². The van der Waals surface area contributed by atoms with E-state index in [0.717, 1.165) is 17.1 Å². The number of amides is 1. The lowest BCUT2D eigenvalue weighted by Gasteiger charge is -2.08. The summed E-state index contributed by atoms with van der Waals surface area (Å²) in [5, 5.41) is 16.5. The number of nitrogens with zero attached hydrogens (tertiary/aromatic N) is 3. The molecule has 0 saturated heterocycles. The molecule has 0 bridgehead atoms. The zero-order valence-electron chi connectivity index (χ0n) is 15.9. The fourth-order valence-electron chi connectivity index (χ4n) is 2.61. The van der Waals surface area contributed by atoms with Crippen molar-refractivity contribution in [3.8, 4) is 0 Å². The van der Waals surface area contributed by atoms with Crippen molar-refractivity contribution in [1.29, 1.82) is 0 Å². The van der Waals surface area contributed by atoms with E-state index in [0.29, 0.717) is 17.2 Å². The second-order valence-corrected chi connectivity index (χ2v) is 6.35. The predicted molar refractivity (Wildman–Crippen MR) is 112 cm³/mol. The zero-order chi connectivity index (χ0) is 20.8. The molecular formula is C21H19N5O3. The first kappa shape index (κ1) is 19.7. The molecule has 0 aliphatic rings. The minimum Gasteiger partial charge on any atom is -0.324 e. The van der Waals surface area contributed by atoms with E-state index in [2.05, 4.69) is 20.6 Å². The number of carbonyl (C=O) groups is 1. The second kappa shape index (κ2) is 8.75. The summed E-state index contributed by atoms with van der Waals surface area (Å²) in [6, 6.07) is 15.0. The van der Waals surface area contributed by atoms with E-state index in [9.17, 15) is 14.9 Å². The molecule has 0 unspecified atom stereocenters. The molecule has 1 heterocycles. The van der Waals surface area contributed by atoms with Crippen LogP contribution < -0.4 is 10.6 Å². The van der Waals surface area contributed by atoms with Gasteiger partial charge in [0.2, 0.25) is 11.9 Å². The maximum absolute atomic E-state index is 12.1. The van der Waals surface area contributed by atoms with Gasteiger partial charge in [-0.3, -0.25) is 14.9 Å². The highest BCUT2D eigenvalue weighted by Gasteiger charge is 2.04. The standard InChI is InChI=1S/C21H19N5O3/c1-14-13-15(2)23-21(22-14)25-18-8-6-17(7-9-18)24-20(27)12-5-16-3-10-19(11-4-16)26(28)29/h3-13H,1-2H3,(H,24,27)(H,22,23,25)/b12-5+. The molecule has 2 aromatic carbocycles. The quantitative estimate of drug-likeness (QED) is 0.367. The second-order valence-electron chi connectivity index (χ2n) is 6.35. The lowest BCUT2D eigenvalue weighted by molar-refractivity contribution is -0.384. The van der Waals surface area contributed by atoms with Crippen LogP contribution in [0.3, 0.4) is 0 Å². The number of nitrogens with one attached hydrogen (secondary N) is 2. The van der Waals surface area contributed by atoms with Crippen molar-refractivity contribution in [2.45, 2.75) is 13.8 Å². The van der Waals surface area contributed by atoms with Gasteiger partial charge in [-0.05, 0) is 68.0 Å². The molecule has 0 fully saturated rings. The average molecular weight is 389 g/mol. The molecule has 1 aromatic heterocycles. The van der Waals surface area contributed by atoms with Gasteiger partial charge in [0, 0.05) is 41.0 Å². The van der Waals surface area contributed by atoms with Crippen LogP contribution in [-0.4, -0.2) is 20.8 Å². The molecule has 0 spiro atoms. The molecule has 2 N–H and O–H groups in total. The number of non-ortho nitro benzene ring substituents is 1. The van der Waals surface area contributed by atoms with Crippen LogP contribution in [0.25, 0.3) is 6.08 Å². The van der Waals surface area contributed by atoms with Crippen LogP contribution >= 0.6 is 0 Å². The Bertz CT molecular complexity index is 1040. The predicted octanol–water partition coefficient (Wildman–Crippen LogP) is 4.40. The molecule has 8 nitrogen and oxygen atoms in total. The monoisotopic (exact) mass is 389 g/mol. The largest absolute Gasteiger partial charge is 0.324 e. The van der Waals surface area contributed by atoms with Gasteiger partial charge in [0.05, 0.1) is 4.92 Å². The first-order valence-electron chi connectivity index (χ1n) is 8.82. The van der Waals surface area contributed by atoms with Crippen molar-refractivity contribution in [2.24, 2.45) is 0 Å². The fourth-order valence-corrected chi connectivity index (χ4v) is 2.61. The summed E-state index contributed by atoms with van der Waals surface area (Å²) in [4.78, 5) is 30.9. The molecular weight excluding hydrogens is 370 g/mol. The molecule has 1 amide bonds. The van der Waals surface area contributed by atoms with E-state index in [1.54, 1.807) is 30.3 Å². The normalized spacial score (nSPS) is 10.7. The number of carbonyl (C=O) groups excluding carboxylic acids is 1. The maximum Gasteiger partial charge on any atom is 0.269 e. The zero-order valence-corrected chi connectivity index (χ0v) is 15.9. The van der Waals surface area contributed by atoms with Gasteiger partial charge in [-0.2, -0.15) is 0 Å². The molecule has 3 rings (SSSR count). The Hall–Kier alpha value is -4.07. The van der Waals surface area contributed by atoms with E-state index >= 15 is 0 Å². The Morgan fingerprint density at radius 2 is 1.55 bits per heavy atom. The first-order chi connectivity index (χ1) is 13.9. The summed E-state index contributed by atoms with van der Waals surface area (Å²) >= 11 is 0. The van der Waals surface area contributed by atoms with Crippen LogP contribution in [0.15, 0.2) is 60.7 Å². The molecule has 8 heteroatoms. The molecule has 0 radical (unpaired) electrons. The fraction of sp³-hybridized carbons (Fsp3) is 0.0952. The van der Waals surface area contributed by atoms with Gasteiger partial charge in [0.15, 0.2) is 0 Å². The third kappa shape index (κ3) is 5.70. The van der Waals surface area contributed by atoms with Crippen LogP contribution in [0.5, 0.6) is 0 Å². The third-order valence-electron chi connectivity index (χ3n) is 3.92. The number of benzene rings is 2. The van der Waals surface area contributed by atoms with Crippen molar-refractivity contribution >= 4 is 35.0 Å². The summed E-state index contributed by atoms with van der Waals surface area (Å²) in [7, 11) is 0. The molecule has 3 aromatic rings. The summed E-state index contributed by atoms with van der Waals surface area (Å²) < 4.78 is 0. The summed E-state index contributed by atoms with van der Waals surface area (Å²) in [6.07, 6.45) is 2.96. The van der Waals surface area contributed by atoms with Gasteiger partial charge < -0.3 is 10.6 Å². The third-order valence-corrected chi connectivity index (χ3v) is 3.92. The van der Waals surface area contributed by atoms with Crippen LogP contribution in [-0.2, 0) is 4.79 Å². The van der Waals surface area contributed by atoms with Crippen LogP contribution in [0.4, 0.5) is 23.0 Å². The molecule has 146 valence electrons. The van der Waals surface area contributed by atoms with Crippen LogP contribution in [0.2, 0.25) is 0 Å². The molecule has 0 atom stereocenters. The van der Waals surface area contributed by atoms with Gasteiger partial charge in [0.1, 0.15) is 0 Å². The summed E-state index contributed by atoms with van der Waals surface area (Å²) in [6.45, 7) is 3.81. The molecule has 0 aliphatic heterocycles. The van der Waals surface area contributed by atoms with Gasteiger partial charge >= 0.3 is 0 Å². The Labute approximate surface area is 167 Å². The highest BCUT2D eigenvalue weighted by atomic mass is 16.6. The molecule has 0 saturated carbocycles. The Morgan fingerprint density at radius 1 is 0.966 bits per heavy atom. The van der Waals surface area contributed by atoms with Crippen molar-refractivity contribution in [2.75, 3.05) is 10.6 Å². The number of nitro benzene ring substituents is 1. The number of nitro groups is 1. The summed E-state index contributed by atoms with van der Waals surface area (Å²) in [5.41, 5.74) is 3.89. The highest BCUT2D eigenvalue weighted by Crippen LogP contribution is 2.18. The van der Waals surface area contributed by atoms with E-state index in [-0.39, 0.29) is 11.6 Å². The van der Waals surface area contributed by atoms with Crippen molar-refractivity contribution in [3.63, 3.8) is 0 Å². The van der Waals surface area contributed by atoms with E-state index in [1.807, 2.05) is 32.0 Å².